The van der Waals surface area contributed by atoms with Crippen molar-refractivity contribution in [3.63, 3.8) is 0 Å². The van der Waals surface area contributed by atoms with Gasteiger partial charge in [0.1, 0.15) is 6.04 Å². The number of nitrogens with two attached hydrogens (primary N) is 2. The fraction of sp³-hybridized carbons (Fsp3) is 0.316. The smallest absolute Gasteiger partial charge is 0.320 e. The molecular formula is C19H27N7O2. The van der Waals surface area contributed by atoms with Crippen molar-refractivity contribution in [3.8, 4) is 0 Å². The normalized spacial score (nSPS) is 12.7. The van der Waals surface area contributed by atoms with Crippen LogP contribution in [0.1, 0.15) is 19.3 Å². The summed E-state index contributed by atoms with van der Waals surface area (Å²) in [5.41, 5.74) is 12.9. The molecule has 150 valence electrons. The zero-order valence-corrected chi connectivity index (χ0v) is 15.8. The Morgan fingerprint density at radius 1 is 1.29 bits per heavy atom. The van der Waals surface area contributed by atoms with E-state index in [-0.39, 0.29) is 5.96 Å². The molecule has 0 radical (unpaired) electrons. The maximum absolute atomic E-state index is 10.3. The lowest BCUT2D eigenvalue weighted by atomic mass is 10.1. The summed E-state index contributed by atoms with van der Waals surface area (Å²) in [6.45, 7) is 0.659. The van der Waals surface area contributed by atoms with E-state index in [0.29, 0.717) is 18.9 Å². The molecule has 0 saturated carbocycles. The van der Waals surface area contributed by atoms with Crippen molar-refractivity contribution in [3.05, 3.63) is 36.4 Å². The number of carbonyl (C=O) groups is 1. The van der Waals surface area contributed by atoms with E-state index in [2.05, 4.69) is 33.1 Å². The third-order valence-corrected chi connectivity index (χ3v) is 4.20. The highest BCUT2D eigenvalue weighted by molar-refractivity contribution is 6.12. The van der Waals surface area contributed by atoms with Crippen molar-refractivity contribution in [2.24, 2.45) is 16.5 Å². The van der Waals surface area contributed by atoms with Crippen molar-refractivity contribution in [2.45, 2.75) is 25.3 Å². The molecule has 2 aromatic carbocycles. The molecule has 1 heterocycles. The number of carboxylic acids is 1. The van der Waals surface area contributed by atoms with Crippen LogP contribution in [0.3, 0.4) is 0 Å². The highest BCUT2D eigenvalue weighted by Crippen LogP contribution is 2.34. The van der Waals surface area contributed by atoms with Gasteiger partial charge in [-0.1, -0.05) is 24.3 Å². The Morgan fingerprint density at radius 2 is 2.00 bits per heavy atom. The number of aliphatic imine (C=N–C) groups is 1. The molecule has 0 spiro atoms. The summed E-state index contributed by atoms with van der Waals surface area (Å²) in [7, 11) is 1.66. The number of anilines is 1. The first-order valence-electron chi connectivity index (χ1n) is 9.04. The van der Waals surface area contributed by atoms with E-state index in [1.165, 1.54) is 5.39 Å². The van der Waals surface area contributed by atoms with Crippen molar-refractivity contribution in [1.82, 2.24) is 10.6 Å². The van der Waals surface area contributed by atoms with Crippen LogP contribution in [0.2, 0.25) is 0 Å². The first kappa shape index (κ1) is 21.0. The van der Waals surface area contributed by atoms with Gasteiger partial charge in [-0.3, -0.25) is 10.2 Å². The minimum Gasteiger partial charge on any atom is -0.480 e. The van der Waals surface area contributed by atoms with E-state index in [1.54, 1.807) is 7.05 Å². The maximum Gasteiger partial charge on any atom is 0.320 e. The molecule has 1 aliphatic heterocycles. The summed E-state index contributed by atoms with van der Waals surface area (Å²) < 4.78 is 0. The zero-order chi connectivity index (χ0) is 20.5. The van der Waals surface area contributed by atoms with E-state index < -0.39 is 12.0 Å². The molecule has 0 aliphatic carbocycles. The molecule has 0 bridgehead atoms. The molecule has 0 unspecified atom stereocenters. The van der Waals surface area contributed by atoms with Gasteiger partial charge in [-0.25, -0.2) is 4.99 Å². The van der Waals surface area contributed by atoms with E-state index in [1.807, 2.05) is 24.3 Å². The Balaban J connectivity index is 0.000000200. The third-order valence-electron chi connectivity index (χ3n) is 4.20. The van der Waals surface area contributed by atoms with Crippen LogP contribution >= 0.6 is 0 Å². The van der Waals surface area contributed by atoms with Gasteiger partial charge in [0, 0.05) is 19.0 Å². The first-order valence-corrected chi connectivity index (χ1v) is 9.04. The molecule has 28 heavy (non-hydrogen) atoms. The van der Waals surface area contributed by atoms with Gasteiger partial charge < -0.3 is 32.5 Å². The lowest BCUT2D eigenvalue weighted by Crippen LogP contribution is -2.34. The lowest BCUT2D eigenvalue weighted by molar-refractivity contribution is -0.138. The average Bonchev–Trinajstić information content (AvgIpc) is 2.68. The lowest BCUT2D eigenvalue weighted by Gasteiger charge is -2.15. The molecule has 1 atom stereocenters. The van der Waals surface area contributed by atoms with Gasteiger partial charge >= 0.3 is 5.97 Å². The Morgan fingerprint density at radius 3 is 2.68 bits per heavy atom. The van der Waals surface area contributed by atoms with Gasteiger partial charge in [-0.15, -0.1) is 0 Å². The van der Waals surface area contributed by atoms with Gasteiger partial charge in [-0.2, -0.15) is 0 Å². The summed E-state index contributed by atoms with van der Waals surface area (Å²) >= 11 is 0. The van der Waals surface area contributed by atoms with E-state index in [0.717, 1.165) is 29.6 Å². The number of unbranched alkanes of at least 4 members (excludes halogenated alkanes) is 1. The molecule has 2 aromatic rings. The van der Waals surface area contributed by atoms with E-state index >= 15 is 0 Å². The van der Waals surface area contributed by atoms with Crippen LogP contribution in [-0.4, -0.2) is 42.6 Å². The average molecular weight is 385 g/mol. The van der Waals surface area contributed by atoms with Gasteiger partial charge in [0.2, 0.25) is 0 Å². The summed E-state index contributed by atoms with van der Waals surface area (Å²) in [6, 6.07) is 11.4. The minimum absolute atomic E-state index is 0.271. The quantitative estimate of drug-likeness (QED) is 0.225. The topological polar surface area (TPSA) is 162 Å². The van der Waals surface area contributed by atoms with Gasteiger partial charge in [0.25, 0.3) is 0 Å². The van der Waals surface area contributed by atoms with Crippen molar-refractivity contribution < 1.29 is 9.90 Å². The molecule has 3 rings (SSSR count). The van der Waals surface area contributed by atoms with Crippen LogP contribution in [0.25, 0.3) is 10.8 Å². The van der Waals surface area contributed by atoms with Crippen LogP contribution < -0.4 is 27.4 Å². The summed E-state index contributed by atoms with van der Waals surface area (Å²) in [4.78, 5) is 14.6. The van der Waals surface area contributed by atoms with Crippen molar-refractivity contribution >= 4 is 40.0 Å². The van der Waals surface area contributed by atoms with Gasteiger partial charge in [0.05, 0.1) is 11.4 Å². The molecule has 0 aromatic heterocycles. The molecule has 9 heteroatoms. The Hall–Kier alpha value is -3.33. The molecule has 9 nitrogen and oxygen atoms in total. The molecule has 9 N–H and O–H groups in total. The number of hydrogen-bond donors (Lipinski definition) is 7. The van der Waals surface area contributed by atoms with Crippen molar-refractivity contribution in [1.29, 1.82) is 5.41 Å². The number of nitrogens with one attached hydrogen (secondary N) is 4. The molecule has 0 saturated heterocycles. The number of aliphatic carboxylic acids is 1. The Labute approximate surface area is 163 Å². The molecule has 1 aliphatic rings. The van der Waals surface area contributed by atoms with E-state index in [4.69, 9.17) is 22.0 Å². The minimum atomic E-state index is -0.957. The predicted octanol–water partition coefficient (Wildman–Crippen LogP) is 1.52. The number of nitrogens with zero attached hydrogens (tertiary/aromatic N) is 1. The number of guanidine groups is 2. The third kappa shape index (κ3) is 5.85. The second kappa shape index (κ2) is 10.1. The zero-order valence-electron chi connectivity index (χ0n) is 15.8. The van der Waals surface area contributed by atoms with Crippen LogP contribution in [0, 0.1) is 5.41 Å². The van der Waals surface area contributed by atoms with Gasteiger partial charge in [0.15, 0.2) is 11.9 Å². The Bertz CT molecular complexity index is 861. The molecule has 0 fully saturated rings. The maximum atomic E-state index is 10.3. The number of carboxylic acid groups (broad SMARTS) is 1. The summed E-state index contributed by atoms with van der Waals surface area (Å²) in [6.07, 6.45) is 2.03. The van der Waals surface area contributed by atoms with Crippen LogP contribution in [0.4, 0.5) is 11.4 Å². The van der Waals surface area contributed by atoms with Crippen LogP contribution in [0.15, 0.2) is 41.4 Å². The second-order valence-electron chi connectivity index (χ2n) is 6.30. The van der Waals surface area contributed by atoms with Crippen LogP contribution in [-0.2, 0) is 4.79 Å². The first-order chi connectivity index (χ1) is 13.4. The number of benzene rings is 2. The monoisotopic (exact) mass is 385 g/mol. The predicted molar refractivity (Wildman–Crippen MR) is 113 cm³/mol. The summed E-state index contributed by atoms with van der Waals surface area (Å²) in [5, 5.41) is 26.5. The SMILES string of the molecule is CNC(=N)NCCCC[C@H](N)C(=O)O.NC1=Nc2cccc3cccc(c23)N1. The number of hydrogen-bond acceptors (Lipinski definition) is 6. The summed E-state index contributed by atoms with van der Waals surface area (Å²) in [5.74, 6) is -0.232. The van der Waals surface area contributed by atoms with Crippen molar-refractivity contribution in [2.75, 3.05) is 18.9 Å². The number of rotatable bonds is 6. The van der Waals surface area contributed by atoms with Crippen LogP contribution in [0.5, 0.6) is 0 Å². The fourth-order valence-electron chi connectivity index (χ4n) is 2.73. The van der Waals surface area contributed by atoms with Gasteiger partial charge in [-0.05, 0) is 36.8 Å². The molecule has 0 amide bonds. The Kier molecular flexibility index (Phi) is 7.58. The highest BCUT2D eigenvalue weighted by atomic mass is 16.4. The van der Waals surface area contributed by atoms with E-state index in [9.17, 15) is 4.79 Å². The second-order valence-corrected chi connectivity index (χ2v) is 6.30. The largest absolute Gasteiger partial charge is 0.480 e. The highest BCUT2D eigenvalue weighted by Gasteiger charge is 2.11. The standard InChI is InChI=1S/C11H9N3.C8H18N4O2/c12-11-13-8-5-1-3-7-4-2-6-9(14-11)10(7)8;1-11-8(10)12-5-3-2-4-6(9)7(13)14/h1-6H,(H3,12,13,14);6H,2-5,9H2,1H3,(H,13,14)(H3,10,11,12)/t;6-/m.0/s1. The fourth-order valence-corrected chi connectivity index (χ4v) is 2.73. The molecular weight excluding hydrogens is 358 g/mol.